The van der Waals surface area contributed by atoms with E-state index in [2.05, 4.69) is 0 Å². The molecule has 1 heterocycles. The molecule has 0 aromatic rings. The number of carbonyl (C=O) groups excluding carboxylic acids is 1. The van der Waals surface area contributed by atoms with Gasteiger partial charge in [-0.05, 0) is 18.8 Å². The average molecular weight is 269 g/mol. The van der Waals surface area contributed by atoms with Gasteiger partial charge in [0.25, 0.3) is 0 Å². The Balaban J connectivity index is 2.39. The van der Waals surface area contributed by atoms with Crippen LogP contribution in [-0.2, 0) is 9.53 Å². The van der Waals surface area contributed by atoms with Gasteiger partial charge in [-0.2, -0.15) is 13.2 Å². The van der Waals surface area contributed by atoms with Gasteiger partial charge in [-0.1, -0.05) is 0 Å². The van der Waals surface area contributed by atoms with E-state index in [1.807, 2.05) is 0 Å². The maximum atomic E-state index is 12.3. The van der Waals surface area contributed by atoms with Crippen LogP contribution < -0.4 is 0 Å². The zero-order chi connectivity index (χ0) is 13.8. The van der Waals surface area contributed by atoms with Gasteiger partial charge >= 0.3 is 6.18 Å². The zero-order valence-electron chi connectivity index (χ0n) is 10.2. The molecule has 1 amide bonds. The van der Waals surface area contributed by atoms with Gasteiger partial charge in [0.15, 0.2) is 6.10 Å². The molecule has 18 heavy (non-hydrogen) atoms. The summed E-state index contributed by atoms with van der Waals surface area (Å²) in [5, 5.41) is 9.13. The fourth-order valence-electron chi connectivity index (χ4n) is 2.08. The number of aliphatic hydroxyl groups is 1. The summed E-state index contributed by atoms with van der Waals surface area (Å²) in [5.74, 6) is -0.923. The minimum atomic E-state index is -4.58. The van der Waals surface area contributed by atoms with E-state index in [-0.39, 0.29) is 38.3 Å². The number of carbonyl (C=O) groups is 1. The average Bonchev–Trinajstić information content (AvgIpc) is 2.34. The predicted molar refractivity (Wildman–Crippen MR) is 57.9 cm³/mol. The van der Waals surface area contributed by atoms with Crippen LogP contribution in [0, 0.1) is 5.92 Å². The van der Waals surface area contributed by atoms with Gasteiger partial charge in [-0.3, -0.25) is 4.79 Å². The molecule has 0 radical (unpaired) electrons. The first-order valence-electron chi connectivity index (χ1n) is 5.87. The highest BCUT2D eigenvalue weighted by molar-refractivity contribution is 5.76. The Morgan fingerprint density at radius 1 is 1.44 bits per heavy atom. The van der Waals surface area contributed by atoms with E-state index < -0.39 is 18.2 Å². The van der Waals surface area contributed by atoms with Crippen LogP contribution in [0.3, 0.4) is 0 Å². The highest BCUT2D eigenvalue weighted by Crippen LogP contribution is 2.31. The number of alkyl halides is 3. The summed E-state index contributed by atoms with van der Waals surface area (Å²) in [4.78, 5) is 13.1. The van der Waals surface area contributed by atoms with Crippen molar-refractivity contribution in [3.63, 3.8) is 0 Å². The highest BCUT2D eigenvalue weighted by Gasteiger charge is 2.44. The quantitative estimate of drug-likeness (QED) is 0.834. The molecule has 0 aromatic heterocycles. The number of rotatable bonds is 4. The Morgan fingerprint density at radius 3 is 2.44 bits per heavy atom. The summed E-state index contributed by atoms with van der Waals surface area (Å²) < 4.78 is 41.7. The monoisotopic (exact) mass is 269 g/mol. The second-order valence-electron chi connectivity index (χ2n) is 4.45. The van der Waals surface area contributed by atoms with Crippen LogP contribution in [-0.4, -0.2) is 55.0 Å². The molecular weight excluding hydrogens is 251 g/mol. The van der Waals surface area contributed by atoms with Gasteiger partial charge in [0.2, 0.25) is 5.91 Å². The molecule has 1 fully saturated rings. The third kappa shape index (κ3) is 4.13. The Morgan fingerprint density at radius 2 is 2.00 bits per heavy atom. The van der Waals surface area contributed by atoms with Crippen LogP contribution in [0.4, 0.5) is 13.2 Å². The van der Waals surface area contributed by atoms with Gasteiger partial charge in [0.05, 0.1) is 13.0 Å². The highest BCUT2D eigenvalue weighted by atomic mass is 19.4. The van der Waals surface area contributed by atoms with Crippen LogP contribution in [0.1, 0.15) is 19.3 Å². The lowest BCUT2D eigenvalue weighted by Crippen LogP contribution is -2.45. The van der Waals surface area contributed by atoms with Crippen molar-refractivity contribution < 1.29 is 27.8 Å². The normalized spacial score (nSPS) is 19.9. The first kappa shape index (κ1) is 15.2. The van der Waals surface area contributed by atoms with Crippen molar-refractivity contribution in [1.29, 1.82) is 0 Å². The van der Waals surface area contributed by atoms with Crippen molar-refractivity contribution in [3.05, 3.63) is 0 Å². The molecule has 1 saturated heterocycles. The maximum Gasteiger partial charge on any atom is 0.414 e. The predicted octanol–water partition coefficient (Wildman–Crippen LogP) is 1.18. The van der Waals surface area contributed by atoms with Gasteiger partial charge in [0.1, 0.15) is 0 Å². The Bertz CT molecular complexity index is 275. The van der Waals surface area contributed by atoms with E-state index in [0.29, 0.717) is 6.61 Å². The second kappa shape index (κ2) is 6.38. The molecule has 0 bridgehead atoms. The third-order valence-electron chi connectivity index (χ3n) is 3.19. The SMILES string of the molecule is COCCC(=O)N1CCC(C(O)C(F)(F)F)CC1. The topological polar surface area (TPSA) is 49.8 Å². The van der Waals surface area contributed by atoms with E-state index in [4.69, 9.17) is 9.84 Å². The molecule has 1 aliphatic heterocycles. The van der Waals surface area contributed by atoms with Gasteiger partial charge in [-0.15, -0.1) is 0 Å². The molecule has 1 aliphatic rings. The largest absolute Gasteiger partial charge is 0.414 e. The Kier molecular flexibility index (Phi) is 5.40. The fraction of sp³-hybridized carbons (Fsp3) is 0.909. The van der Waals surface area contributed by atoms with Crippen LogP contribution in [0.5, 0.6) is 0 Å². The van der Waals surface area contributed by atoms with Crippen LogP contribution in [0.25, 0.3) is 0 Å². The summed E-state index contributed by atoms with van der Waals surface area (Å²) in [7, 11) is 1.49. The summed E-state index contributed by atoms with van der Waals surface area (Å²) in [6, 6.07) is 0. The van der Waals surface area contributed by atoms with Gasteiger partial charge in [0, 0.05) is 20.2 Å². The number of aliphatic hydroxyl groups excluding tert-OH is 1. The van der Waals surface area contributed by atoms with Crippen molar-refractivity contribution in [2.75, 3.05) is 26.8 Å². The number of ether oxygens (including phenoxy) is 1. The summed E-state index contributed by atoms with van der Waals surface area (Å²) in [6.07, 6.45) is -6.26. The van der Waals surface area contributed by atoms with E-state index in [1.54, 1.807) is 0 Å². The molecule has 0 aromatic carbocycles. The van der Waals surface area contributed by atoms with Gasteiger partial charge in [-0.25, -0.2) is 0 Å². The first-order chi connectivity index (χ1) is 8.36. The van der Waals surface area contributed by atoms with E-state index in [9.17, 15) is 18.0 Å². The molecule has 7 heteroatoms. The maximum absolute atomic E-state index is 12.3. The Hall–Kier alpha value is -0.820. The first-order valence-corrected chi connectivity index (χ1v) is 5.87. The van der Waals surface area contributed by atoms with Crippen LogP contribution in [0.15, 0.2) is 0 Å². The fourth-order valence-corrected chi connectivity index (χ4v) is 2.08. The number of piperidine rings is 1. The van der Waals surface area contributed by atoms with Crippen molar-refractivity contribution in [3.8, 4) is 0 Å². The van der Waals surface area contributed by atoms with Crippen molar-refractivity contribution in [2.24, 2.45) is 5.92 Å². The standard InChI is InChI=1S/C11H18F3NO3/c1-18-7-4-9(16)15-5-2-8(3-6-15)10(17)11(12,13)14/h8,10,17H,2-7H2,1H3. The number of nitrogens with zero attached hydrogens (tertiary/aromatic N) is 1. The van der Waals surface area contributed by atoms with Gasteiger partial charge < -0.3 is 14.7 Å². The van der Waals surface area contributed by atoms with Crippen LogP contribution in [0.2, 0.25) is 0 Å². The van der Waals surface area contributed by atoms with Crippen molar-refractivity contribution in [1.82, 2.24) is 4.90 Å². The zero-order valence-corrected chi connectivity index (χ0v) is 10.2. The molecule has 0 aliphatic carbocycles. The number of hydrogen-bond donors (Lipinski definition) is 1. The van der Waals surface area contributed by atoms with E-state index in [1.165, 1.54) is 12.0 Å². The minimum Gasteiger partial charge on any atom is -0.384 e. The number of likely N-dealkylation sites (tertiary alicyclic amines) is 1. The molecule has 1 atom stereocenters. The number of halogens is 3. The summed E-state index contributed by atoms with van der Waals surface area (Å²) >= 11 is 0. The van der Waals surface area contributed by atoms with Crippen molar-refractivity contribution in [2.45, 2.75) is 31.5 Å². The summed E-state index contributed by atoms with van der Waals surface area (Å²) in [6.45, 7) is 0.838. The molecule has 106 valence electrons. The smallest absolute Gasteiger partial charge is 0.384 e. The molecule has 4 nitrogen and oxygen atoms in total. The lowest BCUT2D eigenvalue weighted by atomic mass is 9.91. The molecular formula is C11H18F3NO3. The number of amides is 1. The molecule has 0 spiro atoms. The van der Waals surface area contributed by atoms with Crippen molar-refractivity contribution >= 4 is 5.91 Å². The van der Waals surface area contributed by atoms with E-state index >= 15 is 0 Å². The second-order valence-corrected chi connectivity index (χ2v) is 4.45. The lowest BCUT2D eigenvalue weighted by Gasteiger charge is -2.34. The Labute approximate surface area is 104 Å². The summed E-state index contributed by atoms with van der Waals surface area (Å²) in [5.41, 5.74) is 0. The van der Waals surface area contributed by atoms with E-state index in [0.717, 1.165) is 0 Å². The molecule has 0 saturated carbocycles. The van der Waals surface area contributed by atoms with Crippen LogP contribution >= 0.6 is 0 Å². The number of methoxy groups -OCH3 is 1. The third-order valence-corrected chi connectivity index (χ3v) is 3.19. The molecule has 1 unspecified atom stereocenters. The molecule has 1 N–H and O–H groups in total. The molecule has 1 rings (SSSR count). The minimum absolute atomic E-state index is 0.114. The number of hydrogen-bond acceptors (Lipinski definition) is 3. The lowest BCUT2D eigenvalue weighted by molar-refractivity contribution is -0.222.